The van der Waals surface area contributed by atoms with Crippen LogP contribution in [0.15, 0.2) is 24.3 Å². The highest BCUT2D eigenvalue weighted by molar-refractivity contribution is 5.42. The number of aliphatic hydroxyl groups excluding tert-OH is 1. The maximum absolute atomic E-state index is 9.86. The van der Waals surface area contributed by atoms with Crippen molar-refractivity contribution in [3.8, 4) is 11.8 Å². The molecule has 0 fully saturated rings. The van der Waals surface area contributed by atoms with Crippen LogP contribution >= 0.6 is 0 Å². The van der Waals surface area contributed by atoms with Gasteiger partial charge in [0.15, 0.2) is 0 Å². The zero-order chi connectivity index (χ0) is 14.3. The van der Waals surface area contributed by atoms with E-state index >= 15 is 0 Å². The number of nitriles is 1. The summed E-state index contributed by atoms with van der Waals surface area (Å²) in [6.07, 6.45) is 0.385. The molecule has 0 unspecified atom stereocenters. The van der Waals surface area contributed by atoms with Gasteiger partial charge >= 0.3 is 0 Å². The molecule has 1 aromatic rings. The van der Waals surface area contributed by atoms with Crippen molar-refractivity contribution in [2.75, 3.05) is 13.2 Å². The summed E-state index contributed by atoms with van der Waals surface area (Å²) in [6, 6.07) is 9.08. The molecule has 0 radical (unpaired) electrons. The number of rotatable bonds is 7. The Morgan fingerprint density at radius 3 is 2.74 bits per heavy atom. The molecule has 1 aromatic carbocycles. The summed E-state index contributed by atoms with van der Waals surface area (Å²) < 4.78 is 5.48. The Bertz CT molecular complexity index is 438. The molecule has 0 saturated carbocycles. The summed E-state index contributed by atoms with van der Waals surface area (Å²) in [7, 11) is 0. The lowest BCUT2D eigenvalue weighted by Crippen LogP contribution is -2.44. The molecule has 0 amide bonds. The molecule has 4 nitrogen and oxygen atoms in total. The predicted molar refractivity (Wildman–Crippen MR) is 75.0 cm³/mol. The molecule has 0 aliphatic heterocycles. The van der Waals surface area contributed by atoms with E-state index in [0.29, 0.717) is 17.9 Å². The molecule has 0 bridgehead atoms. The number of hydrogen-bond acceptors (Lipinski definition) is 4. The molecule has 0 aliphatic rings. The summed E-state index contributed by atoms with van der Waals surface area (Å²) in [4.78, 5) is 0. The summed E-state index contributed by atoms with van der Waals surface area (Å²) in [5, 5.41) is 22.1. The van der Waals surface area contributed by atoms with Crippen molar-refractivity contribution < 1.29 is 9.84 Å². The second kappa shape index (κ2) is 7.13. The van der Waals surface area contributed by atoms with Gasteiger partial charge in [0.2, 0.25) is 0 Å². The zero-order valence-electron chi connectivity index (χ0n) is 11.8. The fraction of sp³-hybridized carbons (Fsp3) is 0.533. The highest BCUT2D eigenvalue weighted by Crippen LogP contribution is 2.16. The third-order valence-corrected chi connectivity index (χ3v) is 3.14. The third-order valence-electron chi connectivity index (χ3n) is 3.14. The van der Waals surface area contributed by atoms with Crippen LogP contribution in [0.25, 0.3) is 0 Å². The Morgan fingerprint density at radius 2 is 2.11 bits per heavy atom. The van der Waals surface area contributed by atoms with Crippen molar-refractivity contribution in [2.24, 2.45) is 0 Å². The van der Waals surface area contributed by atoms with Gasteiger partial charge < -0.3 is 15.2 Å². The van der Waals surface area contributed by atoms with Crippen LogP contribution in [0.4, 0.5) is 0 Å². The van der Waals surface area contributed by atoms with Crippen LogP contribution in [-0.4, -0.2) is 29.9 Å². The number of para-hydroxylation sites is 1. The van der Waals surface area contributed by atoms with Gasteiger partial charge in [0, 0.05) is 12.1 Å². The van der Waals surface area contributed by atoms with Crippen molar-refractivity contribution in [3.63, 3.8) is 0 Å². The number of β-amino-alcohol motifs (C(OH)–C–C–N with tert-alkyl or cyclic N) is 1. The van der Waals surface area contributed by atoms with Crippen molar-refractivity contribution in [3.05, 3.63) is 29.8 Å². The molecule has 0 aromatic heterocycles. The second-order valence-electron chi connectivity index (χ2n) is 5.19. The average Bonchev–Trinajstić information content (AvgIpc) is 2.43. The fourth-order valence-corrected chi connectivity index (χ4v) is 1.45. The van der Waals surface area contributed by atoms with Gasteiger partial charge in [-0.3, -0.25) is 0 Å². The number of benzene rings is 1. The first-order valence-corrected chi connectivity index (χ1v) is 6.53. The van der Waals surface area contributed by atoms with Gasteiger partial charge in [0.05, 0.1) is 5.56 Å². The van der Waals surface area contributed by atoms with Crippen molar-refractivity contribution >= 4 is 0 Å². The van der Waals surface area contributed by atoms with Gasteiger partial charge in [-0.2, -0.15) is 5.26 Å². The van der Waals surface area contributed by atoms with Gasteiger partial charge in [-0.05, 0) is 32.4 Å². The van der Waals surface area contributed by atoms with Crippen molar-refractivity contribution in [2.45, 2.75) is 38.8 Å². The molecule has 1 rings (SSSR count). The summed E-state index contributed by atoms with van der Waals surface area (Å²) in [6.45, 7) is 6.91. The molecule has 1 atom stereocenters. The average molecular weight is 262 g/mol. The van der Waals surface area contributed by atoms with Crippen LogP contribution in [0.5, 0.6) is 5.75 Å². The van der Waals surface area contributed by atoms with Crippen LogP contribution in [0.2, 0.25) is 0 Å². The second-order valence-corrected chi connectivity index (χ2v) is 5.19. The van der Waals surface area contributed by atoms with E-state index in [4.69, 9.17) is 10.00 Å². The van der Waals surface area contributed by atoms with Crippen molar-refractivity contribution in [1.82, 2.24) is 5.32 Å². The zero-order valence-corrected chi connectivity index (χ0v) is 11.8. The molecule has 0 aliphatic carbocycles. The van der Waals surface area contributed by atoms with Crippen LogP contribution in [0.1, 0.15) is 32.8 Å². The topological polar surface area (TPSA) is 65.3 Å². The SMILES string of the molecule is CCC(C)(C)NC[C@H](O)COc1ccccc1C#N. The highest BCUT2D eigenvalue weighted by atomic mass is 16.5. The Hall–Kier alpha value is -1.57. The minimum absolute atomic E-state index is 0.00550. The van der Waals surface area contributed by atoms with Gasteiger partial charge in [0.1, 0.15) is 24.5 Å². The number of nitrogens with zero attached hydrogens (tertiary/aromatic N) is 1. The monoisotopic (exact) mass is 262 g/mol. The van der Waals surface area contributed by atoms with E-state index in [2.05, 4.69) is 32.2 Å². The summed E-state index contributed by atoms with van der Waals surface area (Å²) in [5.74, 6) is 0.513. The van der Waals surface area contributed by atoms with Gasteiger partial charge in [-0.1, -0.05) is 19.1 Å². The minimum Gasteiger partial charge on any atom is -0.489 e. The smallest absolute Gasteiger partial charge is 0.137 e. The predicted octanol–water partition coefficient (Wildman–Crippen LogP) is 2.08. The van der Waals surface area contributed by atoms with Gasteiger partial charge in [-0.25, -0.2) is 0 Å². The molecule has 19 heavy (non-hydrogen) atoms. The largest absolute Gasteiger partial charge is 0.489 e. The fourth-order valence-electron chi connectivity index (χ4n) is 1.45. The molecule has 0 spiro atoms. The summed E-state index contributed by atoms with van der Waals surface area (Å²) in [5.41, 5.74) is 0.488. The van der Waals surface area contributed by atoms with E-state index in [9.17, 15) is 5.11 Å². The Balaban J connectivity index is 2.42. The van der Waals surface area contributed by atoms with E-state index in [1.54, 1.807) is 24.3 Å². The van der Waals surface area contributed by atoms with Gasteiger partial charge in [-0.15, -0.1) is 0 Å². The molecule has 4 heteroatoms. The van der Waals surface area contributed by atoms with E-state index in [-0.39, 0.29) is 12.1 Å². The Kier molecular flexibility index (Phi) is 5.81. The molecular weight excluding hydrogens is 240 g/mol. The van der Waals surface area contributed by atoms with Gasteiger partial charge in [0.25, 0.3) is 0 Å². The molecule has 0 heterocycles. The van der Waals surface area contributed by atoms with E-state index in [1.165, 1.54) is 0 Å². The van der Waals surface area contributed by atoms with E-state index in [1.807, 2.05) is 0 Å². The lowest BCUT2D eigenvalue weighted by atomic mass is 10.0. The van der Waals surface area contributed by atoms with E-state index in [0.717, 1.165) is 6.42 Å². The maximum Gasteiger partial charge on any atom is 0.137 e. The standard InChI is InChI=1S/C15H22N2O2/c1-4-15(2,3)17-10-13(18)11-19-14-8-6-5-7-12(14)9-16/h5-8,13,17-18H,4,10-11H2,1-3H3/t13-/m0/s1. The third kappa shape index (κ3) is 5.29. The van der Waals surface area contributed by atoms with Crippen molar-refractivity contribution in [1.29, 1.82) is 5.26 Å². The number of ether oxygens (including phenoxy) is 1. The van der Waals surface area contributed by atoms with E-state index < -0.39 is 6.10 Å². The van der Waals surface area contributed by atoms with Crippen LogP contribution in [-0.2, 0) is 0 Å². The minimum atomic E-state index is -0.599. The highest BCUT2D eigenvalue weighted by Gasteiger charge is 2.16. The Labute approximate surface area is 115 Å². The molecule has 0 saturated heterocycles. The molecule has 2 N–H and O–H groups in total. The number of aliphatic hydroxyl groups is 1. The maximum atomic E-state index is 9.86. The lowest BCUT2D eigenvalue weighted by Gasteiger charge is -2.26. The lowest BCUT2D eigenvalue weighted by molar-refractivity contribution is 0.0984. The summed E-state index contributed by atoms with van der Waals surface area (Å²) >= 11 is 0. The van der Waals surface area contributed by atoms with Crippen LogP contribution in [0, 0.1) is 11.3 Å². The quantitative estimate of drug-likeness (QED) is 0.789. The molecular formula is C15H22N2O2. The number of hydrogen-bond donors (Lipinski definition) is 2. The Morgan fingerprint density at radius 1 is 1.42 bits per heavy atom. The first kappa shape index (κ1) is 15.5. The normalized spacial score (nSPS) is 12.8. The molecule has 104 valence electrons. The number of nitrogens with one attached hydrogen (secondary N) is 1. The van der Waals surface area contributed by atoms with Crippen LogP contribution < -0.4 is 10.1 Å². The first-order valence-electron chi connectivity index (χ1n) is 6.53. The first-order chi connectivity index (χ1) is 8.98. The van der Waals surface area contributed by atoms with Crippen LogP contribution in [0.3, 0.4) is 0 Å².